The maximum atomic E-state index is 12.5. The lowest BCUT2D eigenvalue weighted by Crippen LogP contribution is -2.32. The van der Waals surface area contributed by atoms with Crippen molar-refractivity contribution in [3.63, 3.8) is 0 Å². The average molecular weight is 299 g/mol. The molecule has 0 aromatic heterocycles. The van der Waals surface area contributed by atoms with E-state index in [0.29, 0.717) is 42.6 Å². The van der Waals surface area contributed by atoms with E-state index < -0.39 is 0 Å². The summed E-state index contributed by atoms with van der Waals surface area (Å²) in [4.78, 5) is 14.2. The number of carbonyl (C=O) groups is 1. The largest absolute Gasteiger partial charge is 0.490 e. The standard InChI is InChI=1S/C14H19ClN2O3/c1-19-6-7-20-13-3-2-10(15)8-12(13)14(18)17-5-4-11(16)9-17/h2-3,8,11H,4-7,9,16H2,1H3/t11-/m0/s1. The quantitative estimate of drug-likeness (QED) is 0.838. The third-order valence-electron chi connectivity index (χ3n) is 3.23. The SMILES string of the molecule is COCCOc1ccc(Cl)cc1C(=O)N1CC[C@H](N)C1. The predicted octanol–water partition coefficient (Wildman–Crippen LogP) is 1.54. The summed E-state index contributed by atoms with van der Waals surface area (Å²) in [6.45, 7) is 2.09. The van der Waals surface area contributed by atoms with Gasteiger partial charge in [-0.2, -0.15) is 0 Å². The lowest BCUT2D eigenvalue weighted by Gasteiger charge is -2.18. The minimum atomic E-state index is -0.0899. The first-order chi connectivity index (χ1) is 9.61. The molecule has 1 aliphatic rings. The molecule has 0 aliphatic carbocycles. The molecule has 0 unspecified atom stereocenters. The molecule has 1 atom stereocenters. The van der Waals surface area contributed by atoms with Crippen molar-refractivity contribution in [2.24, 2.45) is 5.73 Å². The molecule has 1 saturated heterocycles. The van der Waals surface area contributed by atoms with Gasteiger partial charge in [-0.3, -0.25) is 4.79 Å². The van der Waals surface area contributed by atoms with Crippen molar-refractivity contribution in [1.82, 2.24) is 4.90 Å². The second-order valence-electron chi connectivity index (χ2n) is 4.78. The van der Waals surface area contributed by atoms with Crippen LogP contribution in [0.15, 0.2) is 18.2 Å². The van der Waals surface area contributed by atoms with Crippen molar-refractivity contribution in [2.75, 3.05) is 33.4 Å². The van der Waals surface area contributed by atoms with Crippen molar-refractivity contribution in [1.29, 1.82) is 0 Å². The summed E-state index contributed by atoms with van der Waals surface area (Å²) >= 11 is 5.98. The van der Waals surface area contributed by atoms with Gasteiger partial charge in [-0.15, -0.1) is 0 Å². The van der Waals surface area contributed by atoms with Gasteiger partial charge in [0.05, 0.1) is 12.2 Å². The van der Waals surface area contributed by atoms with Gasteiger partial charge in [0.1, 0.15) is 12.4 Å². The minimum absolute atomic E-state index is 0.0518. The summed E-state index contributed by atoms with van der Waals surface area (Å²) in [7, 11) is 1.60. The van der Waals surface area contributed by atoms with Crippen LogP contribution in [0.1, 0.15) is 16.8 Å². The van der Waals surface area contributed by atoms with Crippen LogP contribution < -0.4 is 10.5 Å². The first-order valence-electron chi connectivity index (χ1n) is 6.58. The monoisotopic (exact) mass is 298 g/mol. The molecular formula is C14H19ClN2O3. The van der Waals surface area contributed by atoms with E-state index in [-0.39, 0.29) is 11.9 Å². The van der Waals surface area contributed by atoms with E-state index in [1.54, 1.807) is 30.2 Å². The number of amides is 1. The molecule has 6 heteroatoms. The van der Waals surface area contributed by atoms with Crippen LogP contribution in [0.5, 0.6) is 5.75 Å². The molecule has 20 heavy (non-hydrogen) atoms. The Hall–Kier alpha value is -1.30. The van der Waals surface area contributed by atoms with Crippen molar-refractivity contribution in [3.05, 3.63) is 28.8 Å². The fourth-order valence-electron chi connectivity index (χ4n) is 2.17. The molecule has 0 spiro atoms. The highest BCUT2D eigenvalue weighted by molar-refractivity contribution is 6.31. The number of nitrogens with zero attached hydrogens (tertiary/aromatic N) is 1. The third-order valence-corrected chi connectivity index (χ3v) is 3.46. The summed E-state index contributed by atoms with van der Waals surface area (Å²) in [6.07, 6.45) is 0.826. The van der Waals surface area contributed by atoms with Crippen LogP contribution in [0.25, 0.3) is 0 Å². The van der Waals surface area contributed by atoms with Crippen molar-refractivity contribution < 1.29 is 14.3 Å². The van der Waals surface area contributed by atoms with Gasteiger partial charge in [0, 0.05) is 31.3 Å². The molecule has 1 heterocycles. The van der Waals surface area contributed by atoms with Gasteiger partial charge in [0.2, 0.25) is 0 Å². The van der Waals surface area contributed by atoms with E-state index in [2.05, 4.69) is 0 Å². The molecule has 0 radical (unpaired) electrons. The number of halogens is 1. The molecule has 0 saturated carbocycles. The molecule has 2 N–H and O–H groups in total. The van der Waals surface area contributed by atoms with Gasteiger partial charge in [0.25, 0.3) is 5.91 Å². The highest BCUT2D eigenvalue weighted by atomic mass is 35.5. The molecule has 1 aromatic rings. The maximum absolute atomic E-state index is 12.5. The molecule has 0 bridgehead atoms. The number of hydrogen-bond donors (Lipinski definition) is 1. The first kappa shape index (κ1) is 15.1. The number of methoxy groups -OCH3 is 1. The van der Waals surface area contributed by atoms with Crippen LogP contribution in [0.3, 0.4) is 0 Å². The summed E-state index contributed by atoms with van der Waals surface area (Å²) < 4.78 is 10.5. The van der Waals surface area contributed by atoms with E-state index in [4.69, 9.17) is 26.8 Å². The molecule has 5 nitrogen and oxygen atoms in total. The van der Waals surface area contributed by atoms with Crippen LogP contribution in [-0.2, 0) is 4.74 Å². The highest BCUT2D eigenvalue weighted by Crippen LogP contribution is 2.25. The summed E-state index contributed by atoms with van der Waals surface area (Å²) in [6, 6.07) is 5.10. The Morgan fingerprint density at radius 1 is 1.50 bits per heavy atom. The van der Waals surface area contributed by atoms with Crippen LogP contribution in [0.4, 0.5) is 0 Å². The summed E-state index contributed by atoms with van der Waals surface area (Å²) in [5.41, 5.74) is 6.31. The second-order valence-corrected chi connectivity index (χ2v) is 5.22. The Kier molecular flexibility index (Phi) is 5.23. The number of rotatable bonds is 5. The van der Waals surface area contributed by atoms with E-state index in [0.717, 1.165) is 6.42 Å². The van der Waals surface area contributed by atoms with Crippen LogP contribution in [-0.4, -0.2) is 50.3 Å². The van der Waals surface area contributed by atoms with Crippen LogP contribution in [0.2, 0.25) is 5.02 Å². The number of ether oxygens (including phenoxy) is 2. The number of carbonyl (C=O) groups excluding carboxylic acids is 1. The Labute approximate surface area is 123 Å². The highest BCUT2D eigenvalue weighted by Gasteiger charge is 2.26. The maximum Gasteiger partial charge on any atom is 0.257 e. The predicted molar refractivity (Wildman–Crippen MR) is 77.3 cm³/mol. The Balaban J connectivity index is 2.15. The third kappa shape index (κ3) is 3.62. The van der Waals surface area contributed by atoms with Crippen molar-refractivity contribution in [3.8, 4) is 5.75 Å². The van der Waals surface area contributed by atoms with Crippen molar-refractivity contribution >= 4 is 17.5 Å². The lowest BCUT2D eigenvalue weighted by atomic mass is 10.1. The number of benzene rings is 1. The number of likely N-dealkylation sites (tertiary alicyclic amines) is 1. The molecule has 1 aromatic carbocycles. The molecule has 1 fully saturated rings. The van der Waals surface area contributed by atoms with Crippen LogP contribution >= 0.6 is 11.6 Å². The molecule has 1 aliphatic heterocycles. The fraction of sp³-hybridized carbons (Fsp3) is 0.500. The normalized spacial score (nSPS) is 18.4. The minimum Gasteiger partial charge on any atom is -0.490 e. The van der Waals surface area contributed by atoms with Gasteiger partial charge in [-0.1, -0.05) is 11.6 Å². The Morgan fingerprint density at radius 3 is 2.95 bits per heavy atom. The Morgan fingerprint density at radius 2 is 2.30 bits per heavy atom. The van der Waals surface area contributed by atoms with Gasteiger partial charge >= 0.3 is 0 Å². The van der Waals surface area contributed by atoms with Gasteiger partial charge in [0.15, 0.2) is 0 Å². The molecule has 2 rings (SSSR count). The van der Waals surface area contributed by atoms with Gasteiger partial charge in [-0.25, -0.2) is 0 Å². The van der Waals surface area contributed by atoms with E-state index in [1.165, 1.54) is 0 Å². The summed E-state index contributed by atoms with van der Waals surface area (Å²) in [5, 5.41) is 0.510. The molecular weight excluding hydrogens is 280 g/mol. The average Bonchev–Trinajstić information content (AvgIpc) is 2.86. The molecule has 110 valence electrons. The van der Waals surface area contributed by atoms with Crippen LogP contribution in [0, 0.1) is 0 Å². The zero-order valence-electron chi connectivity index (χ0n) is 11.5. The van der Waals surface area contributed by atoms with Gasteiger partial charge < -0.3 is 20.1 Å². The zero-order chi connectivity index (χ0) is 14.5. The molecule has 1 amide bonds. The van der Waals surface area contributed by atoms with E-state index in [9.17, 15) is 4.79 Å². The number of hydrogen-bond acceptors (Lipinski definition) is 4. The number of nitrogens with two attached hydrogens (primary N) is 1. The van der Waals surface area contributed by atoms with E-state index >= 15 is 0 Å². The summed E-state index contributed by atoms with van der Waals surface area (Å²) in [5.74, 6) is 0.435. The smallest absolute Gasteiger partial charge is 0.257 e. The zero-order valence-corrected chi connectivity index (χ0v) is 12.2. The van der Waals surface area contributed by atoms with Gasteiger partial charge in [-0.05, 0) is 24.6 Å². The first-order valence-corrected chi connectivity index (χ1v) is 6.95. The van der Waals surface area contributed by atoms with Crippen molar-refractivity contribution in [2.45, 2.75) is 12.5 Å². The lowest BCUT2D eigenvalue weighted by molar-refractivity contribution is 0.0783. The topological polar surface area (TPSA) is 64.8 Å². The Bertz CT molecular complexity index is 481. The van der Waals surface area contributed by atoms with E-state index in [1.807, 2.05) is 0 Å². The fourth-order valence-corrected chi connectivity index (χ4v) is 2.34. The second kappa shape index (κ2) is 6.92.